The third-order valence-corrected chi connectivity index (χ3v) is 3.44. The fourth-order valence-electron chi connectivity index (χ4n) is 2.14. The van der Waals surface area contributed by atoms with Gasteiger partial charge in [0.1, 0.15) is 0 Å². The van der Waals surface area contributed by atoms with Crippen molar-refractivity contribution in [2.45, 2.75) is 18.5 Å². The van der Waals surface area contributed by atoms with Gasteiger partial charge in [0.05, 0.1) is 5.54 Å². The van der Waals surface area contributed by atoms with Crippen molar-refractivity contribution in [1.82, 2.24) is 4.90 Å². The van der Waals surface area contributed by atoms with Crippen LogP contribution in [0.4, 0.5) is 0 Å². The number of nitrogens with zero attached hydrogens (tertiary/aromatic N) is 1. The van der Waals surface area contributed by atoms with Crippen LogP contribution in [0.2, 0.25) is 0 Å². The zero-order valence-corrected chi connectivity index (χ0v) is 11.1. The summed E-state index contributed by atoms with van der Waals surface area (Å²) < 4.78 is 0. The van der Waals surface area contributed by atoms with Crippen molar-refractivity contribution in [3.05, 3.63) is 59.3 Å². The average Bonchev–Trinajstić information content (AvgIpc) is 2.39. The molecule has 0 aliphatic heterocycles. The maximum Gasteiger partial charge on any atom is 0.0634 e. The molecule has 1 unspecified atom stereocenters. The van der Waals surface area contributed by atoms with Crippen LogP contribution in [0.5, 0.6) is 0 Å². The summed E-state index contributed by atoms with van der Waals surface area (Å²) in [5, 5.41) is 0. The highest BCUT2D eigenvalue weighted by Crippen LogP contribution is 2.29. The molecule has 4 N–H and O–H groups in total. The number of nitrogens with two attached hydrogens (primary N) is 2. The van der Waals surface area contributed by atoms with Gasteiger partial charge in [-0.1, -0.05) is 36.4 Å². The molecule has 2 rings (SSSR count). The SMILES string of the molecule is CN(C)C1=CCC(N)(c2ccc(CN)cc2)C=C1. The van der Waals surface area contributed by atoms with Crippen LogP contribution in [-0.2, 0) is 12.1 Å². The van der Waals surface area contributed by atoms with Crippen LogP contribution in [0.3, 0.4) is 0 Å². The molecule has 3 nitrogen and oxygen atoms in total. The minimum atomic E-state index is -0.396. The number of hydrogen-bond acceptors (Lipinski definition) is 3. The van der Waals surface area contributed by atoms with Gasteiger partial charge in [-0.15, -0.1) is 0 Å². The Morgan fingerprint density at radius 2 is 1.89 bits per heavy atom. The van der Waals surface area contributed by atoms with Crippen LogP contribution in [0.15, 0.2) is 48.2 Å². The molecule has 1 aromatic carbocycles. The Bertz CT molecular complexity index is 471. The lowest BCUT2D eigenvalue weighted by Gasteiger charge is -2.30. The number of allylic oxidation sites excluding steroid dienone is 1. The van der Waals surface area contributed by atoms with Crippen molar-refractivity contribution < 1.29 is 0 Å². The quantitative estimate of drug-likeness (QED) is 0.849. The van der Waals surface area contributed by atoms with E-state index in [1.807, 2.05) is 26.2 Å². The lowest BCUT2D eigenvalue weighted by molar-refractivity contribution is 0.495. The van der Waals surface area contributed by atoms with Gasteiger partial charge in [0.2, 0.25) is 0 Å². The third kappa shape index (κ3) is 2.47. The Kier molecular flexibility index (Phi) is 3.55. The van der Waals surface area contributed by atoms with Crippen LogP contribution in [0, 0.1) is 0 Å². The highest BCUT2D eigenvalue weighted by atomic mass is 15.1. The van der Waals surface area contributed by atoms with E-state index < -0.39 is 5.54 Å². The zero-order chi connectivity index (χ0) is 13.2. The van der Waals surface area contributed by atoms with E-state index in [1.165, 1.54) is 5.70 Å². The van der Waals surface area contributed by atoms with E-state index in [1.54, 1.807) is 0 Å². The summed E-state index contributed by atoms with van der Waals surface area (Å²) in [5.41, 5.74) is 15.1. The molecule has 0 bridgehead atoms. The maximum absolute atomic E-state index is 6.45. The molecule has 1 atom stereocenters. The highest BCUT2D eigenvalue weighted by molar-refractivity contribution is 5.38. The van der Waals surface area contributed by atoms with Crippen molar-refractivity contribution in [2.75, 3.05) is 14.1 Å². The summed E-state index contributed by atoms with van der Waals surface area (Å²) in [4.78, 5) is 2.09. The van der Waals surface area contributed by atoms with Gasteiger partial charge in [-0.2, -0.15) is 0 Å². The zero-order valence-electron chi connectivity index (χ0n) is 11.1. The molecule has 1 aliphatic carbocycles. The summed E-state index contributed by atoms with van der Waals surface area (Å²) in [7, 11) is 4.07. The van der Waals surface area contributed by atoms with Crippen LogP contribution >= 0.6 is 0 Å². The third-order valence-electron chi connectivity index (χ3n) is 3.44. The molecular formula is C15H21N3. The van der Waals surface area contributed by atoms with Gasteiger partial charge in [0.25, 0.3) is 0 Å². The molecule has 96 valence electrons. The van der Waals surface area contributed by atoms with E-state index in [4.69, 9.17) is 11.5 Å². The largest absolute Gasteiger partial charge is 0.378 e. The van der Waals surface area contributed by atoms with Gasteiger partial charge < -0.3 is 16.4 Å². The second kappa shape index (κ2) is 4.96. The van der Waals surface area contributed by atoms with Gasteiger partial charge >= 0.3 is 0 Å². The minimum Gasteiger partial charge on any atom is -0.378 e. The Balaban J connectivity index is 2.21. The summed E-state index contributed by atoms with van der Waals surface area (Å²) >= 11 is 0. The van der Waals surface area contributed by atoms with Crippen molar-refractivity contribution in [3.63, 3.8) is 0 Å². The molecule has 1 aromatic rings. The summed E-state index contributed by atoms with van der Waals surface area (Å²) in [5.74, 6) is 0. The standard InChI is InChI=1S/C15H21N3/c1-18(2)14-7-9-15(17,10-8-14)13-5-3-12(11-16)4-6-13/h3-9H,10-11,16-17H2,1-2H3. The first-order valence-electron chi connectivity index (χ1n) is 6.20. The normalized spacial score (nSPS) is 22.8. The Morgan fingerprint density at radius 3 is 2.33 bits per heavy atom. The predicted octanol–water partition coefficient (Wildman–Crippen LogP) is 1.70. The van der Waals surface area contributed by atoms with E-state index >= 15 is 0 Å². The number of benzene rings is 1. The number of rotatable bonds is 3. The van der Waals surface area contributed by atoms with E-state index in [2.05, 4.69) is 35.3 Å². The summed E-state index contributed by atoms with van der Waals surface area (Å²) in [6.45, 7) is 0.568. The molecule has 0 spiro atoms. The van der Waals surface area contributed by atoms with Crippen molar-refractivity contribution >= 4 is 0 Å². The van der Waals surface area contributed by atoms with E-state index in [9.17, 15) is 0 Å². The highest BCUT2D eigenvalue weighted by Gasteiger charge is 2.25. The topological polar surface area (TPSA) is 55.3 Å². The number of hydrogen-bond donors (Lipinski definition) is 2. The van der Waals surface area contributed by atoms with E-state index in [0.29, 0.717) is 6.54 Å². The first-order valence-corrected chi connectivity index (χ1v) is 6.20. The molecular weight excluding hydrogens is 222 g/mol. The van der Waals surface area contributed by atoms with Gasteiger partial charge in [0, 0.05) is 26.3 Å². The maximum atomic E-state index is 6.45. The Labute approximate surface area is 109 Å². The fraction of sp³-hybridized carbons (Fsp3) is 0.333. The predicted molar refractivity (Wildman–Crippen MR) is 75.7 cm³/mol. The summed E-state index contributed by atoms with van der Waals surface area (Å²) in [6, 6.07) is 8.23. The van der Waals surface area contributed by atoms with Crippen LogP contribution in [0.25, 0.3) is 0 Å². The Hall–Kier alpha value is -1.58. The lowest BCUT2D eigenvalue weighted by Crippen LogP contribution is -2.36. The van der Waals surface area contributed by atoms with Crippen LogP contribution < -0.4 is 11.5 Å². The minimum absolute atomic E-state index is 0.396. The molecule has 0 radical (unpaired) electrons. The Morgan fingerprint density at radius 1 is 1.22 bits per heavy atom. The molecule has 0 saturated heterocycles. The van der Waals surface area contributed by atoms with Gasteiger partial charge in [-0.3, -0.25) is 0 Å². The molecule has 0 heterocycles. The first-order chi connectivity index (χ1) is 8.55. The first kappa shape index (κ1) is 12.9. The monoisotopic (exact) mass is 243 g/mol. The van der Waals surface area contributed by atoms with Crippen molar-refractivity contribution in [2.24, 2.45) is 11.5 Å². The second-order valence-electron chi connectivity index (χ2n) is 5.00. The smallest absolute Gasteiger partial charge is 0.0634 e. The van der Waals surface area contributed by atoms with E-state index in [0.717, 1.165) is 17.5 Å². The van der Waals surface area contributed by atoms with E-state index in [-0.39, 0.29) is 0 Å². The molecule has 0 aromatic heterocycles. The number of likely N-dealkylation sites (N-methyl/N-ethyl adjacent to an activating group) is 1. The molecule has 18 heavy (non-hydrogen) atoms. The molecule has 0 fully saturated rings. The fourth-order valence-corrected chi connectivity index (χ4v) is 2.14. The van der Waals surface area contributed by atoms with Gasteiger partial charge in [-0.25, -0.2) is 0 Å². The molecule has 0 saturated carbocycles. The second-order valence-corrected chi connectivity index (χ2v) is 5.00. The van der Waals surface area contributed by atoms with Gasteiger partial charge in [-0.05, 0) is 23.6 Å². The lowest BCUT2D eigenvalue weighted by atomic mass is 9.84. The van der Waals surface area contributed by atoms with Crippen molar-refractivity contribution in [1.29, 1.82) is 0 Å². The molecule has 3 heteroatoms. The van der Waals surface area contributed by atoms with Gasteiger partial charge in [0.15, 0.2) is 0 Å². The molecule has 0 amide bonds. The summed E-state index contributed by atoms with van der Waals surface area (Å²) in [6.07, 6.45) is 7.16. The van der Waals surface area contributed by atoms with Crippen molar-refractivity contribution in [3.8, 4) is 0 Å². The van der Waals surface area contributed by atoms with Crippen LogP contribution in [0.1, 0.15) is 17.5 Å². The van der Waals surface area contributed by atoms with Crippen LogP contribution in [-0.4, -0.2) is 19.0 Å². The molecule has 1 aliphatic rings. The average molecular weight is 243 g/mol.